The summed E-state index contributed by atoms with van der Waals surface area (Å²) < 4.78 is 27.7. The van der Waals surface area contributed by atoms with Crippen molar-refractivity contribution in [1.82, 2.24) is 0 Å². The van der Waals surface area contributed by atoms with Crippen LogP contribution in [0.15, 0.2) is 64.0 Å². The quantitative estimate of drug-likeness (QED) is 0.777. The molecule has 0 aliphatic carbocycles. The number of hydrogen-bond acceptors (Lipinski definition) is 3. The Morgan fingerprint density at radius 1 is 1.09 bits per heavy atom. The maximum absolute atomic E-state index is 12.3. The third-order valence-electron chi connectivity index (χ3n) is 2.73. The number of nitrogens with one attached hydrogen (secondary N) is 1. The molecule has 0 aromatic heterocycles. The largest absolute Gasteiger partial charge is 0.478 e. The molecular weight excluding hydrogens is 370 g/mol. The average Bonchev–Trinajstić information content (AvgIpc) is 2.48. The molecule has 0 spiro atoms. The molecular formula is C15H12BrNO4S. The monoisotopic (exact) mass is 381 g/mol. The summed E-state index contributed by atoms with van der Waals surface area (Å²) in [5.41, 5.74) is 1.04. The second-order valence-corrected chi connectivity index (χ2v) is 6.86. The van der Waals surface area contributed by atoms with Gasteiger partial charge in [0, 0.05) is 10.5 Å². The molecule has 22 heavy (non-hydrogen) atoms. The van der Waals surface area contributed by atoms with E-state index in [2.05, 4.69) is 20.7 Å². The van der Waals surface area contributed by atoms with Gasteiger partial charge in [0.25, 0.3) is 10.0 Å². The molecule has 0 saturated heterocycles. The highest BCUT2D eigenvalue weighted by molar-refractivity contribution is 9.10. The lowest BCUT2D eigenvalue weighted by Crippen LogP contribution is -2.13. The number of aliphatic carboxylic acids is 1. The molecule has 0 atom stereocenters. The second-order valence-electron chi connectivity index (χ2n) is 4.33. The molecule has 0 bridgehead atoms. The third-order valence-corrected chi connectivity index (χ3v) is 4.80. The van der Waals surface area contributed by atoms with Crippen LogP contribution in [0.1, 0.15) is 5.56 Å². The molecule has 114 valence electrons. The molecule has 0 saturated carbocycles. The zero-order valence-electron chi connectivity index (χ0n) is 11.2. The molecule has 0 amide bonds. The fourth-order valence-corrected chi connectivity index (χ4v) is 3.27. The average molecular weight is 382 g/mol. The summed E-state index contributed by atoms with van der Waals surface area (Å²) >= 11 is 3.28. The van der Waals surface area contributed by atoms with E-state index >= 15 is 0 Å². The van der Waals surface area contributed by atoms with E-state index in [1.807, 2.05) is 0 Å². The number of carbonyl (C=O) groups is 1. The van der Waals surface area contributed by atoms with Gasteiger partial charge in [-0.25, -0.2) is 13.2 Å². The van der Waals surface area contributed by atoms with Gasteiger partial charge in [0.15, 0.2) is 0 Å². The number of rotatable bonds is 5. The first-order valence-electron chi connectivity index (χ1n) is 6.17. The Morgan fingerprint density at radius 2 is 1.73 bits per heavy atom. The summed E-state index contributed by atoms with van der Waals surface area (Å²) in [4.78, 5) is 10.5. The van der Waals surface area contributed by atoms with Crippen LogP contribution in [0.3, 0.4) is 0 Å². The molecule has 7 heteroatoms. The molecule has 0 fully saturated rings. The van der Waals surface area contributed by atoms with Gasteiger partial charge < -0.3 is 5.11 Å². The lowest BCUT2D eigenvalue weighted by Gasteiger charge is -2.09. The molecule has 5 nitrogen and oxygen atoms in total. The van der Waals surface area contributed by atoms with Crippen molar-refractivity contribution in [3.05, 3.63) is 64.6 Å². The first kappa shape index (κ1) is 16.3. The van der Waals surface area contributed by atoms with Crippen molar-refractivity contribution >= 4 is 43.7 Å². The van der Waals surface area contributed by atoms with Crippen molar-refractivity contribution in [1.29, 1.82) is 0 Å². The van der Waals surface area contributed by atoms with Crippen molar-refractivity contribution in [2.45, 2.75) is 4.90 Å². The standard InChI is InChI=1S/C15H12BrNO4S/c16-13-3-1-2-4-14(13)17-22(20,21)12-8-5-11(6-9-12)7-10-15(18)19/h1-10,17H,(H,18,19). The van der Waals surface area contributed by atoms with E-state index in [-0.39, 0.29) is 4.90 Å². The maximum atomic E-state index is 12.3. The Kier molecular flexibility index (Phi) is 4.99. The van der Waals surface area contributed by atoms with Crippen molar-refractivity contribution in [3.8, 4) is 0 Å². The van der Waals surface area contributed by atoms with Crippen LogP contribution in [0, 0.1) is 0 Å². The van der Waals surface area contributed by atoms with Gasteiger partial charge in [-0.3, -0.25) is 4.72 Å². The van der Waals surface area contributed by atoms with Crippen molar-refractivity contribution < 1.29 is 18.3 Å². The van der Waals surface area contributed by atoms with Crippen LogP contribution < -0.4 is 4.72 Å². The zero-order valence-corrected chi connectivity index (χ0v) is 13.6. The zero-order chi connectivity index (χ0) is 16.2. The summed E-state index contributed by atoms with van der Waals surface area (Å²) in [5, 5.41) is 8.55. The Labute approximate surface area is 136 Å². The number of para-hydroxylation sites is 1. The van der Waals surface area contributed by atoms with E-state index in [9.17, 15) is 13.2 Å². The van der Waals surface area contributed by atoms with E-state index in [4.69, 9.17) is 5.11 Å². The van der Waals surface area contributed by atoms with Crippen molar-refractivity contribution in [2.75, 3.05) is 4.72 Å². The number of benzene rings is 2. The van der Waals surface area contributed by atoms with Gasteiger partial charge >= 0.3 is 5.97 Å². The second kappa shape index (κ2) is 6.76. The fourth-order valence-electron chi connectivity index (χ4n) is 1.67. The van der Waals surface area contributed by atoms with E-state index in [1.54, 1.807) is 24.3 Å². The van der Waals surface area contributed by atoms with Crippen molar-refractivity contribution in [3.63, 3.8) is 0 Å². The topological polar surface area (TPSA) is 83.5 Å². The first-order chi connectivity index (χ1) is 10.4. The molecule has 2 aromatic carbocycles. The smallest absolute Gasteiger partial charge is 0.328 e. The highest BCUT2D eigenvalue weighted by Crippen LogP contribution is 2.24. The van der Waals surface area contributed by atoms with Gasteiger partial charge in [0.2, 0.25) is 0 Å². The number of carboxylic acid groups (broad SMARTS) is 1. The van der Waals surface area contributed by atoms with Crippen molar-refractivity contribution in [2.24, 2.45) is 0 Å². The third kappa shape index (κ3) is 4.19. The van der Waals surface area contributed by atoms with Gasteiger partial charge in [-0.1, -0.05) is 24.3 Å². The van der Waals surface area contributed by atoms with E-state index < -0.39 is 16.0 Å². The molecule has 0 radical (unpaired) electrons. The predicted molar refractivity (Wildman–Crippen MR) is 88.1 cm³/mol. The van der Waals surface area contributed by atoms with Crippen LogP contribution in [0.25, 0.3) is 6.08 Å². The van der Waals surface area contributed by atoms with Crippen LogP contribution in [-0.4, -0.2) is 19.5 Å². The minimum atomic E-state index is -3.70. The van der Waals surface area contributed by atoms with Crippen LogP contribution in [-0.2, 0) is 14.8 Å². The molecule has 0 aliphatic rings. The van der Waals surface area contributed by atoms with Gasteiger partial charge in [-0.2, -0.15) is 0 Å². The molecule has 0 unspecified atom stereocenters. The minimum absolute atomic E-state index is 0.0933. The van der Waals surface area contributed by atoms with Gasteiger partial charge in [0.1, 0.15) is 0 Å². The van der Waals surface area contributed by atoms with Crippen LogP contribution in [0.2, 0.25) is 0 Å². The fraction of sp³-hybridized carbons (Fsp3) is 0. The normalized spacial score (nSPS) is 11.5. The molecule has 0 aliphatic heterocycles. The lowest BCUT2D eigenvalue weighted by molar-refractivity contribution is -0.131. The molecule has 2 aromatic rings. The number of carboxylic acids is 1. The van der Waals surface area contributed by atoms with E-state index in [1.165, 1.54) is 30.3 Å². The minimum Gasteiger partial charge on any atom is -0.478 e. The number of sulfonamides is 1. The van der Waals surface area contributed by atoms with Crippen LogP contribution in [0.5, 0.6) is 0 Å². The summed E-state index contributed by atoms with van der Waals surface area (Å²) in [6.45, 7) is 0. The number of hydrogen-bond donors (Lipinski definition) is 2. The summed E-state index contributed by atoms with van der Waals surface area (Å²) in [6.07, 6.45) is 2.38. The SMILES string of the molecule is O=C(O)C=Cc1ccc(S(=O)(=O)Nc2ccccc2Br)cc1. The van der Waals surface area contributed by atoms with Crippen LogP contribution in [0.4, 0.5) is 5.69 Å². The highest BCUT2D eigenvalue weighted by atomic mass is 79.9. The lowest BCUT2D eigenvalue weighted by atomic mass is 10.2. The molecule has 2 rings (SSSR count). The number of anilines is 1. The molecule has 0 heterocycles. The Balaban J connectivity index is 2.23. The maximum Gasteiger partial charge on any atom is 0.328 e. The number of halogens is 1. The summed E-state index contributed by atoms with van der Waals surface area (Å²) in [6, 6.07) is 12.8. The Hall–Kier alpha value is -2.12. The van der Waals surface area contributed by atoms with Gasteiger partial charge in [-0.15, -0.1) is 0 Å². The van der Waals surface area contributed by atoms with E-state index in [0.29, 0.717) is 15.7 Å². The summed E-state index contributed by atoms with van der Waals surface area (Å²) in [7, 11) is -3.70. The van der Waals surface area contributed by atoms with E-state index in [0.717, 1.165) is 6.08 Å². The van der Waals surface area contributed by atoms with Gasteiger partial charge in [-0.05, 0) is 51.8 Å². The Morgan fingerprint density at radius 3 is 2.32 bits per heavy atom. The predicted octanol–water partition coefficient (Wildman–Crippen LogP) is 3.35. The first-order valence-corrected chi connectivity index (χ1v) is 8.44. The Bertz CT molecular complexity index is 814. The van der Waals surface area contributed by atoms with Crippen LogP contribution >= 0.6 is 15.9 Å². The van der Waals surface area contributed by atoms with Gasteiger partial charge in [0.05, 0.1) is 10.6 Å². The highest BCUT2D eigenvalue weighted by Gasteiger charge is 2.15. The summed E-state index contributed by atoms with van der Waals surface area (Å²) in [5.74, 6) is -1.06. The molecule has 2 N–H and O–H groups in total.